The summed E-state index contributed by atoms with van der Waals surface area (Å²) in [5.74, 6) is 0.821. The van der Waals surface area contributed by atoms with E-state index in [2.05, 4.69) is 0 Å². The molecule has 0 aromatic heterocycles. The molecule has 4 nitrogen and oxygen atoms in total. The lowest BCUT2D eigenvalue weighted by Crippen LogP contribution is -2.42. The number of hydrogen-bond donors (Lipinski definition) is 0. The number of aryl methyl sites for hydroxylation is 2. The van der Waals surface area contributed by atoms with Crippen molar-refractivity contribution >= 4 is 8.80 Å². The summed E-state index contributed by atoms with van der Waals surface area (Å²) < 4.78 is 20.6. The number of ether oxygens (including phenoxy) is 1. The van der Waals surface area contributed by atoms with E-state index in [1.807, 2.05) is 43.4 Å². The number of hydrogen-bond acceptors (Lipinski definition) is 4. The molecule has 0 bridgehead atoms. The van der Waals surface area contributed by atoms with Crippen molar-refractivity contribution < 1.29 is 18.0 Å². The number of rotatable bonds is 7. The summed E-state index contributed by atoms with van der Waals surface area (Å²) in [7, 11) is -1.63. The van der Waals surface area contributed by atoms with Gasteiger partial charge in [0.15, 0.2) is 0 Å². The molecule has 0 aliphatic carbocycles. The van der Waals surface area contributed by atoms with E-state index in [1.165, 1.54) is 0 Å². The van der Waals surface area contributed by atoms with E-state index in [0.29, 0.717) is 12.5 Å². The zero-order chi connectivity index (χ0) is 15.7. The zero-order valence-corrected chi connectivity index (χ0v) is 13.0. The molecule has 0 fully saturated rings. The second-order valence-corrected chi connectivity index (χ2v) is 6.63. The summed E-state index contributed by atoms with van der Waals surface area (Å²) in [6.07, 6.45) is 22.2. The molecule has 0 spiro atoms. The van der Waals surface area contributed by atoms with Crippen LogP contribution in [0.25, 0.3) is 0 Å². The lowest BCUT2D eigenvalue weighted by molar-refractivity contribution is 0.212. The van der Waals surface area contributed by atoms with E-state index in [1.54, 1.807) is 7.11 Å². The van der Waals surface area contributed by atoms with Crippen LogP contribution in [0.4, 0.5) is 0 Å². The maximum atomic E-state index is 5.22. The van der Waals surface area contributed by atoms with Crippen molar-refractivity contribution in [2.24, 2.45) is 0 Å². The normalized spacial score (nSPS) is 9.67. The molecule has 0 atom stereocenters. The first-order valence-corrected chi connectivity index (χ1v) is 8.08. The van der Waals surface area contributed by atoms with Gasteiger partial charge in [-0.05, 0) is 30.5 Å². The predicted molar refractivity (Wildman–Crippen MR) is 81.8 cm³/mol. The quantitative estimate of drug-likeness (QED) is 0.572. The van der Waals surface area contributed by atoms with Gasteiger partial charge in [0.2, 0.25) is 0 Å². The summed E-state index contributed by atoms with van der Waals surface area (Å²) in [5, 5.41) is 0. The Morgan fingerprint density at radius 2 is 1.62 bits per heavy atom. The molecule has 0 N–H and O–H groups in total. The van der Waals surface area contributed by atoms with Crippen molar-refractivity contribution in [3.8, 4) is 43.3 Å². The minimum Gasteiger partial charge on any atom is -0.496 e. The second-order valence-electron chi connectivity index (χ2n) is 4.15. The molecule has 108 valence electrons. The van der Waals surface area contributed by atoms with Crippen molar-refractivity contribution in [1.82, 2.24) is 0 Å². The monoisotopic (exact) mass is 300 g/mol. The van der Waals surface area contributed by atoms with Crippen LogP contribution in [0.15, 0.2) is 18.2 Å². The second kappa shape index (κ2) is 7.80. The van der Waals surface area contributed by atoms with Crippen molar-refractivity contribution in [3.63, 3.8) is 0 Å². The molecule has 0 aliphatic heterocycles. The molecule has 0 unspecified atom stereocenters. The summed E-state index contributed by atoms with van der Waals surface area (Å²) in [6.45, 7) is 1.96. The molecule has 0 radical (unpaired) electrons. The van der Waals surface area contributed by atoms with Crippen LogP contribution in [0, 0.1) is 44.5 Å². The van der Waals surface area contributed by atoms with Gasteiger partial charge < -0.3 is 18.0 Å². The third kappa shape index (κ3) is 4.42. The summed E-state index contributed by atoms with van der Waals surface area (Å²) in [4.78, 5) is 0. The first-order chi connectivity index (χ1) is 10.1. The maximum Gasteiger partial charge on any atom is 0.725 e. The van der Waals surface area contributed by atoms with Crippen LogP contribution >= 0.6 is 0 Å². The van der Waals surface area contributed by atoms with E-state index in [0.717, 1.165) is 16.9 Å². The maximum absolute atomic E-state index is 5.22. The van der Waals surface area contributed by atoms with Crippen LogP contribution in [-0.2, 0) is 19.7 Å². The average Bonchev–Trinajstić information content (AvgIpc) is 2.46. The van der Waals surface area contributed by atoms with Crippen LogP contribution in [0.2, 0.25) is 6.04 Å². The summed E-state index contributed by atoms with van der Waals surface area (Å²) >= 11 is 0. The van der Waals surface area contributed by atoms with Gasteiger partial charge in [-0.2, -0.15) is 0 Å². The van der Waals surface area contributed by atoms with Crippen molar-refractivity contribution in [1.29, 1.82) is 0 Å². The fraction of sp³-hybridized carbons (Fsp3) is 0.250. The Balaban J connectivity index is 2.86. The highest BCUT2D eigenvalue weighted by Crippen LogP contribution is 2.22. The van der Waals surface area contributed by atoms with E-state index in [9.17, 15) is 0 Å². The molecule has 21 heavy (non-hydrogen) atoms. The molecule has 0 amide bonds. The highest BCUT2D eigenvalue weighted by Gasteiger charge is 2.48. The minimum absolute atomic E-state index is 0.372. The van der Waals surface area contributed by atoms with Crippen LogP contribution in [-0.4, -0.2) is 15.9 Å². The van der Waals surface area contributed by atoms with E-state index in [4.69, 9.17) is 37.3 Å². The lowest BCUT2D eigenvalue weighted by Gasteiger charge is -2.21. The Morgan fingerprint density at radius 1 is 1.05 bits per heavy atom. The van der Waals surface area contributed by atoms with Crippen LogP contribution in [0.3, 0.4) is 0 Å². The van der Waals surface area contributed by atoms with Crippen molar-refractivity contribution in [2.45, 2.75) is 19.4 Å². The van der Waals surface area contributed by atoms with Gasteiger partial charge in [0, 0.05) is 0 Å². The van der Waals surface area contributed by atoms with Gasteiger partial charge in [0.25, 0.3) is 0 Å². The highest BCUT2D eigenvalue weighted by atomic mass is 28.4. The van der Waals surface area contributed by atoms with Gasteiger partial charge >= 0.3 is 8.80 Å². The molecular formula is C16H16O4Si. The molecule has 0 aliphatic rings. The standard InChI is InChI=1S/C16H16O4Si/c1-6-18-21(19-7-2,20-8-3)12-11-15-9-10-16(17-5)14(4)13-15/h1-3,9-10,13H,11-12H2,4-5H3. The number of methoxy groups -OCH3 is 1. The highest BCUT2D eigenvalue weighted by molar-refractivity contribution is 6.61. The van der Waals surface area contributed by atoms with Crippen LogP contribution in [0.5, 0.6) is 5.75 Å². The molecule has 0 saturated heterocycles. The fourth-order valence-electron chi connectivity index (χ4n) is 1.88. The molecule has 1 aromatic carbocycles. The van der Waals surface area contributed by atoms with Gasteiger partial charge in [0.1, 0.15) is 5.75 Å². The largest absolute Gasteiger partial charge is 0.725 e. The smallest absolute Gasteiger partial charge is 0.496 e. The van der Waals surface area contributed by atoms with Gasteiger partial charge in [-0.3, -0.25) is 0 Å². The molecule has 5 heteroatoms. The van der Waals surface area contributed by atoms with E-state index >= 15 is 0 Å². The third-order valence-corrected chi connectivity index (χ3v) is 4.97. The van der Waals surface area contributed by atoms with Gasteiger partial charge in [-0.1, -0.05) is 31.4 Å². The summed E-state index contributed by atoms with van der Waals surface area (Å²) in [6, 6.07) is 6.20. The van der Waals surface area contributed by atoms with E-state index < -0.39 is 8.80 Å². The Labute approximate surface area is 126 Å². The fourth-order valence-corrected chi connectivity index (χ4v) is 3.44. The van der Waals surface area contributed by atoms with Crippen molar-refractivity contribution in [2.75, 3.05) is 7.11 Å². The predicted octanol–water partition coefficient (Wildman–Crippen LogP) is 2.31. The average molecular weight is 300 g/mol. The topological polar surface area (TPSA) is 36.9 Å². The zero-order valence-electron chi connectivity index (χ0n) is 12.0. The first-order valence-electron chi connectivity index (χ1n) is 6.15. The van der Waals surface area contributed by atoms with Gasteiger partial charge in [0.05, 0.1) is 31.5 Å². The van der Waals surface area contributed by atoms with Crippen LogP contribution in [0.1, 0.15) is 11.1 Å². The summed E-state index contributed by atoms with van der Waals surface area (Å²) in [5.41, 5.74) is 2.07. The first kappa shape index (κ1) is 16.4. The number of terminal acetylenes is 3. The lowest BCUT2D eigenvalue weighted by atomic mass is 10.1. The van der Waals surface area contributed by atoms with Gasteiger partial charge in [-0.15, -0.1) is 0 Å². The Hall–Kier alpha value is -2.68. The molecule has 1 rings (SSSR count). The van der Waals surface area contributed by atoms with Crippen LogP contribution < -0.4 is 4.74 Å². The molecular weight excluding hydrogens is 284 g/mol. The Morgan fingerprint density at radius 3 is 2.05 bits per heavy atom. The molecule has 0 saturated carbocycles. The Bertz CT molecular complexity index is 563. The Kier molecular flexibility index (Phi) is 6.08. The molecule has 1 aromatic rings. The number of benzene rings is 1. The minimum atomic E-state index is -3.26. The SMILES string of the molecule is C#CO[Si](CCc1ccc(OC)c(C)c1)(OC#C)OC#C. The third-order valence-electron chi connectivity index (χ3n) is 2.82. The van der Waals surface area contributed by atoms with Crippen molar-refractivity contribution in [3.05, 3.63) is 29.3 Å². The van der Waals surface area contributed by atoms with Gasteiger partial charge in [-0.25, -0.2) is 0 Å². The molecule has 0 heterocycles. The van der Waals surface area contributed by atoms with E-state index in [-0.39, 0.29) is 0 Å².